The number of carbonyl (C=O) groups is 2. The first-order valence-electron chi connectivity index (χ1n) is 5.95. The number of hydrogen-bond donors (Lipinski definition) is 2. The summed E-state index contributed by atoms with van der Waals surface area (Å²) >= 11 is 1.89. The summed E-state index contributed by atoms with van der Waals surface area (Å²) < 4.78 is 5.60. The lowest BCUT2D eigenvalue weighted by Crippen LogP contribution is -2.42. The number of nitrogens with zero attached hydrogens (tertiary/aromatic N) is 1. The Kier molecular flexibility index (Phi) is 4.73. The summed E-state index contributed by atoms with van der Waals surface area (Å²) in [7, 11) is 0. The second-order valence-corrected chi connectivity index (χ2v) is 5.65. The molecule has 1 aliphatic heterocycles. The molecular weight excluding hydrogens is 395 g/mol. The van der Waals surface area contributed by atoms with E-state index in [2.05, 4.69) is 5.32 Å². The zero-order valence-corrected chi connectivity index (χ0v) is 12.8. The number of rotatable bonds is 4. The van der Waals surface area contributed by atoms with E-state index in [1.165, 1.54) is 18.2 Å². The first kappa shape index (κ1) is 15.6. The maximum absolute atomic E-state index is 12.2. The van der Waals surface area contributed by atoms with E-state index in [4.69, 9.17) is 9.84 Å². The topological polar surface area (TPSA) is 119 Å². The monoisotopic (exact) mass is 406 g/mol. The smallest absolute Gasteiger partial charge is 0.311 e. The molecule has 2 unspecified atom stereocenters. The van der Waals surface area contributed by atoms with E-state index in [0.29, 0.717) is 3.57 Å². The minimum Gasteiger partial charge on any atom is -0.481 e. The van der Waals surface area contributed by atoms with Gasteiger partial charge >= 0.3 is 5.97 Å². The minimum atomic E-state index is -1.05. The number of carboxylic acid groups (broad SMARTS) is 1. The molecule has 2 N–H and O–H groups in total. The van der Waals surface area contributed by atoms with Crippen molar-refractivity contribution in [3.63, 3.8) is 0 Å². The van der Waals surface area contributed by atoms with Crippen LogP contribution in [0.15, 0.2) is 18.2 Å². The van der Waals surface area contributed by atoms with Crippen LogP contribution >= 0.6 is 22.6 Å². The van der Waals surface area contributed by atoms with E-state index >= 15 is 0 Å². The van der Waals surface area contributed by atoms with Crippen molar-refractivity contribution in [3.05, 3.63) is 37.4 Å². The Bertz CT molecular complexity index is 605. The molecular formula is C12H11IN2O6. The average molecular weight is 406 g/mol. The Balaban J connectivity index is 2.18. The van der Waals surface area contributed by atoms with Crippen molar-refractivity contribution in [1.82, 2.24) is 5.32 Å². The number of nitro benzene ring substituents is 1. The van der Waals surface area contributed by atoms with Crippen LogP contribution in [-0.4, -0.2) is 41.2 Å². The number of non-ortho nitro benzene ring substituents is 1. The summed E-state index contributed by atoms with van der Waals surface area (Å²) in [6.07, 6.45) is 0. The minimum absolute atomic E-state index is 0.0340. The van der Waals surface area contributed by atoms with E-state index in [1.54, 1.807) is 0 Å². The number of aliphatic carboxylic acids is 1. The Morgan fingerprint density at radius 2 is 2.14 bits per heavy atom. The van der Waals surface area contributed by atoms with Gasteiger partial charge in [0.05, 0.1) is 29.7 Å². The molecule has 1 saturated heterocycles. The molecule has 112 valence electrons. The van der Waals surface area contributed by atoms with Crippen molar-refractivity contribution in [2.24, 2.45) is 5.92 Å². The molecule has 0 aromatic heterocycles. The van der Waals surface area contributed by atoms with Crippen molar-refractivity contribution >= 4 is 40.2 Å². The summed E-state index contributed by atoms with van der Waals surface area (Å²) in [5.74, 6) is -2.42. The van der Waals surface area contributed by atoms with E-state index < -0.39 is 28.8 Å². The third kappa shape index (κ3) is 3.47. The molecule has 1 aromatic rings. The second kappa shape index (κ2) is 6.35. The highest BCUT2D eigenvalue weighted by molar-refractivity contribution is 14.1. The van der Waals surface area contributed by atoms with Gasteiger partial charge in [-0.15, -0.1) is 0 Å². The van der Waals surface area contributed by atoms with Crippen LogP contribution in [-0.2, 0) is 9.53 Å². The predicted molar refractivity (Wildman–Crippen MR) is 79.0 cm³/mol. The first-order chi connectivity index (χ1) is 9.90. The largest absolute Gasteiger partial charge is 0.481 e. The van der Waals surface area contributed by atoms with Gasteiger partial charge in [0, 0.05) is 15.7 Å². The summed E-state index contributed by atoms with van der Waals surface area (Å²) in [4.78, 5) is 33.4. The van der Waals surface area contributed by atoms with Gasteiger partial charge in [0.1, 0.15) is 5.92 Å². The van der Waals surface area contributed by atoms with E-state index in [-0.39, 0.29) is 24.5 Å². The fraction of sp³-hybridized carbons (Fsp3) is 0.333. The van der Waals surface area contributed by atoms with Gasteiger partial charge in [-0.25, -0.2) is 0 Å². The van der Waals surface area contributed by atoms with Crippen LogP contribution in [0.5, 0.6) is 0 Å². The van der Waals surface area contributed by atoms with Crippen LogP contribution in [0.3, 0.4) is 0 Å². The molecule has 0 radical (unpaired) electrons. The van der Waals surface area contributed by atoms with E-state index in [9.17, 15) is 19.7 Å². The van der Waals surface area contributed by atoms with Gasteiger partial charge in [-0.3, -0.25) is 19.7 Å². The van der Waals surface area contributed by atoms with Crippen LogP contribution in [0, 0.1) is 19.6 Å². The highest BCUT2D eigenvalue weighted by Gasteiger charge is 2.35. The molecule has 0 bridgehead atoms. The normalized spacial score (nSPS) is 21.0. The van der Waals surface area contributed by atoms with Gasteiger partial charge in [0.25, 0.3) is 11.6 Å². The summed E-state index contributed by atoms with van der Waals surface area (Å²) in [5.41, 5.74) is -0.0566. The van der Waals surface area contributed by atoms with Crippen LogP contribution in [0.2, 0.25) is 0 Å². The second-order valence-electron chi connectivity index (χ2n) is 4.48. The van der Waals surface area contributed by atoms with Gasteiger partial charge < -0.3 is 15.2 Å². The predicted octanol–water partition coefficient (Wildman–Crippen LogP) is 1.03. The molecule has 1 heterocycles. The van der Waals surface area contributed by atoms with Crippen molar-refractivity contribution in [2.45, 2.75) is 6.04 Å². The van der Waals surface area contributed by atoms with Crippen molar-refractivity contribution < 1.29 is 24.4 Å². The van der Waals surface area contributed by atoms with Gasteiger partial charge in [0.2, 0.25) is 0 Å². The zero-order valence-electron chi connectivity index (χ0n) is 10.6. The lowest BCUT2D eigenvalue weighted by molar-refractivity contribution is -0.384. The molecule has 1 amide bonds. The highest BCUT2D eigenvalue weighted by Crippen LogP contribution is 2.21. The van der Waals surface area contributed by atoms with Gasteiger partial charge in [-0.05, 0) is 28.7 Å². The van der Waals surface area contributed by atoms with Gasteiger partial charge in [-0.2, -0.15) is 0 Å². The third-order valence-corrected chi connectivity index (χ3v) is 4.06. The quantitative estimate of drug-likeness (QED) is 0.438. The molecule has 1 aliphatic rings. The molecule has 0 aliphatic carbocycles. The first-order valence-corrected chi connectivity index (χ1v) is 7.03. The van der Waals surface area contributed by atoms with Crippen molar-refractivity contribution in [3.8, 4) is 0 Å². The molecule has 2 atom stereocenters. The van der Waals surface area contributed by atoms with Gasteiger partial charge in [0.15, 0.2) is 0 Å². The number of carbonyl (C=O) groups excluding carboxylic acids is 1. The fourth-order valence-electron chi connectivity index (χ4n) is 1.99. The Morgan fingerprint density at radius 3 is 2.76 bits per heavy atom. The van der Waals surface area contributed by atoms with Crippen molar-refractivity contribution in [2.75, 3.05) is 13.2 Å². The molecule has 0 saturated carbocycles. The number of nitro groups is 1. The molecule has 8 nitrogen and oxygen atoms in total. The highest BCUT2D eigenvalue weighted by atomic mass is 127. The fourth-order valence-corrected chi connectivity index (χ4v) is 2.57. The number of benzene rings is 1. The number of hydrogen-bond acceptors (Lipinski definition) is 5. The number of carboxylic acids is 1. The molecule has 1 fully saturated rings. The molecule has 9 heteroatoms. The van der Waals surface area contributed by atoms with Crippen LogP contribution < -0.4 is 5.32 Å². The molecule has 21 heavy (non-hydrogen) atoms. The Morgan fingerprint density at radius 1 is 1.43 bits per heavy atom. The lowest BCUT2D eigenvalue weighted by Gasteiger charge is -2.16. The molecule has 1 aromatic carbocycles. The third-order valence-electron chi connectivity index (χ3n) is 3.12. The maximum atomic E-state index is 12.2. The molecule has 0 spiro atoms. The summed E-state index contributed by atoms with van der Waals surface area (Å²) in [6, 6.07) is 3.29. The Hall–Kier alpha value is -1.75. The zero-order chi connectivity index (χ0) is 15.6. The average Bonchev–Trinajstić information content (AvgIpc) is 2.87. The SMILES string of the molecule is O=C(NC1COCC1C(=O)O)c1cc([N+](=O)[O-])ccc1I. The van der Waals surface area contributed by atoms with E-state index in [1.807, 2.05) is 22.6 Å². The summed E-state index contributed by atoms with van der Waals surface area (Å²) in [6.45, 7) is 0.139. The Labute approximate surface area is 132 Å². The van der Waals surface area contributed by atoms with Crippen LogP contribution in [0.1, 0.15) is 10.4 Å². The van der Waals surface area contributed by atoms with E-state index in [0.717, 1.165) is 0 Å². The summed E-state index contributed by atoms with van der Waals surface area (Å²) in [5, 5.41) is 22.3. The lowest BCUT2D eigenvalue weighted by atomic mass is 10.0. The maximum Gasteiger partial charge on any atom is 0.311 e. The number of nitrogens with one attached hydrogen (secondary N) is 1. The number of ether oxygens (including phenoxy) is 1. The van der Waals surface area contributed by atoms with Crippen molar-refractivity contribution in [1.29, 1.82) is 0 Å². The van der Waals surface area contributed by atoms with Gasteiger partial charge in [-0.1, -0.05) is 0 Å². The van der Waals surface area contributed by atoms with Crippen LogP contribution in [0.25, 0.3) is 0 Å². The van der Waals surface area contributed by atoms with Crippen LogP contribution in [0.4, 0.5) is 5.69 Å². The molecule has 2 rings (SSSR count). The number of amides is 1. The number of halogens is 1. The standard InChI is InChI=1S/C12H11IN2O6/c13-9-2-1-6(15(19)20)3-7(9)11(16)14-10-5-21-4-8(10)12(17)18/h1-3,8,10H,4-5H2,(H,14,16)(H,17,18).